The van der Waals surface area contributed by atoms with Gasteiger partial charge in [0.1, 0.15) is 11.6 Å². The van der Waals surface area contributed by atoms with Crippen molar-refractivity contribution in [3.63, 3.8) is 0 Å². The highest BCUT2D eigenvalue weighted by Gasteiger charge is 2.33. The second kappa shape index (κ2) is 7.10. The van der Waals surface area contributed by atoms with Crippen LogP contribution in [-0.4, -0.2) is 30.0 Å². The molecule has 1 aromatic carbocycles. The first-order valence-corrected chi connectivity index (χ1v) is 7.57. The summed E-state index contributed by atoms with van der Waals surface area (Å²) in [4.78, 5) is 6.78. The maximum atomic E-state index is 13.8. The molecule has 2 aliphatic rings. The van der Waals surface area contributed by atoms with Crippen molar-refractivity contribution in [3.8, 4) is 0 Å². The molecule has 3 unspecified atom stereocenters. The molecule has 0 amide bonds. The summed E-state index contributed by atoms with van der Waals surface area (Å²) in [5.74, 6) is 0.378. The molecule has 0 aromatic heterocycles. The zero-order valence-corrected chi connectivity index (χ0v) is 15.2. The number of halogens is 3. The third-order valence-electron chi connectivity index (χ3n) is 4.44. The molecule has 1 fully saturated rings. The topological polar surface area (TPSA) is 27.6 Å². The standard InChI is InChI=1S/C16H21F2N3.HI/c1-10-6-7-12-8-19-16(21(12)9-10)20-11(2)15-13(17)4-3-5-14(15)18;/h3-5,10-12H,6-9H2,1-2H3,(H,19,20);1H. The third kappa shape index (κ3) is 3.36. The molecule has 3 nitrogen and oxygen atoms in total. The number of aliphatic imine (C=N–C) groups is 1. The van der Waals surface area contributed by atoms with Crippen LogP contribution in [0.1, 0.15) is 38.3 Å². The summed E-state index contributed by atoms with van der Waals surface area (Å²) in [6, 6.07) is 3.97. The predicted octanol–water partition coefficient (Wildman–Crippen LogP) is 3.70. The molecule has 6 heteroatoms. The number of hydrogen-bond donors (Lipinski definition) is 1. The maximum absolute atomic E-state index is 13.8. The molecule has 2 heterocycles. The zero-order chi connectivity index (χ0) is 15.0. The molecule has 22 heavy (non-hydrogen) atoms. The van der Waals surface area contributed by atoms with E-state index in [9.17, 15) is 8.78 Å². The molecule has 2 aliphatic heterocycles. The third-order valence-corrected chi connectivity index (χ3v) is 4.44. The van der Waals surface area contributed by atoms with Gasteiger partial charge in [-0.05, 0) is 37.8 Å². The van der Waals surface area contributed by atoms with Crippen LogP contribution in [0.4, 0.5) is 8.78 Å². The fourth-order valence-corrected chi connectivity index (χ4v) is 3.26. The molecule has 0 aliphatic carbocycles. The van der Waals surface area contributed by atoms with Crippen LogP contribution in [-0.2, 0) is 0 Å². The Labute approximate surface area is 147 Å². The Morgan fingerprint density at radius 1 is 1.27 bits per heavy atom. The summed E-state index contributed by atoms with van der Waals surface area (Å²) in [5.41, 5.74) is 0.0775. The van der Waals surface area contributed by atoms with Gasteiger partial charge in [0.05, 0.1) is 18.6 Å². The van der Waals surface area contributed by atoms with Gasteiger partial charge in [-0.15, -0.1) is 24.0 Å². The van der Waals surface area contributed by atoms with Gasteiger partial charge < -0.3 is 10.2 Å². The second-order valence-electron chi connectivity index (χ2n) is 6.15. The first-order valence-electron chi connectivity index (χ1n) is 7.57. The molecule has 0 bridgehead atoms. The first kappa shape index (κ1) is 17.4. The fraction of sp³-hybridized carbons (Fsp3) is 0.562. The van der Waals surface area contributed by atoms with Gasteiger partial charge in [-0.1, -0.05) is 13.0 Å². The molecule has 0 spiro atoms. The highest BCUT2D eigenvalue weighted by atomic mass is 127. The molecular formula is C16H22F2IN3. The van der Waals surface area contributed by atoms with E-state index in [2.05, 4.69) is 22.1 Å². The average Bonchev–Trinajstić information content (AvgIpc) is 2.81. The predicted molar refractivity (Wildman–Crippen MR) is 94.5 cm³/mol. The molecule has 1 saturated heterocycles. The van der Waals surface area contributed by atoms with E-state index in [4.69, 9.17) is 0 Å². The van der Waals surface area contributed by atoms with Gasteiger partial charge in [-0.25, -0.2) is 8.78 Å². The molecule has 0 radical (unpaired) electrons. The minimum absolute atomic E-state index is 0. The van der Waals surface area contributed by atoms with E-state index in [1.54, 1.807) is 6.92 Å². The van der Waals surface area contributed by atoms with E-state index in [1.807, 2.05) is 0 Å². The van der Waals surface area contributed by atoms with Crippen LogP contribution < -0.4 is 5.32 Å². The number of hydrogen-bond acceptors (Lipinski definition) is 3. The summed E-state index contributed by atoms with van der Waals surface area (Å²) in [6.07, 6.45) is 2.36. The largest absolute Gasteiger partial charge is 0.349 e. The van der Waals surface area contributed by atoms with Crippen molar-refractivity contribution in [1.29, 1.82) is 0 Å². The smallest absolute Gasteiger partial charge is 0.194 e. The Morgan fingerprint density at radius 3 is 2.64 bits per heavy atom. The minimum atomic E-state index is -0.517. The number of piperidine rings is 1. The molecule has 3 atom stereocenters. The highest BCUT2D eigenvalue weighted by molar-refractivity contribution is 14.0. The van der Waals surface area contributed by atoms with Gasteiger partial charge >= 0.3 is 0 Å². The SMILES string of the molecule is CC1CCC2CN=C(NC(C)c3c(F)cccc3F)N2C1.I. The molecule has 122 valence electrons. The van der Waals surface area contributed by atoms with Crippen molar-refractivity contribution in [2.24, 2.45) is 10.9 Å². The minimum Gasteiger partial charge on any atom is -0.349 e. The van der Waals surface area contributed by atoms with E-state index in [-0.39, 0.29) is 29.5 Å². The van der Waals surface area contributed by atoms with Crippen LogP contribution in [0.5, 0.6) is 0 Å². The summed E-state index contributed by atoms with van der Waals surface area (Å²) in [5, 5.41) is 3.19. The van der Waals surface area contributed by atoms with Crippen LogP contribution >= 0.6 is 24.0 Å². The fourth-order valence-electron chi connectivity index (χ4n) is 3.26. The molecule has 1 N–H and O–H groups in total. The van der Waals surface area contributed by atoms with Crippen LogP contribution in [0.25, 0.3) is 0 Å². The normalized spacial score (nSPS) is 25.1. The number of fused-ring (bicyclic) bond motifs is 1. The van der Waals surface area contributed by atoms with Crippen molar-refractivity contribution in [1.82, 2.24) is 10.2 Å². The highest BCUT2D eigenvalue weighted by Crippen LogP contribution is 2.27. The average molecular weight is 421 g/mol. The number of benzene rings is 1. The van der Waals surface area contributed by atoms with Gasteiger partial charge in [0.25, 0.3) is 0 Å². The van der Waals surface area contributed by atoms with Gasteiger partial charge in [-0.2, -0.15) is 0 Å². The lowest BCUT2D eigenvalue weighted by Gasteiger charge is -2.36. The van der Waals surface area contributed by atoms with E-state index in [0.29, 0.717) is 12.0 Å². The number of nitrogens with one attached hydrogen (secondary N) is 1. The van der Waals surface area contributed by atoms with E-state index in [1.165, 1.54) is 24.6 Å². The molecule has 3 rings (SSSR count). The van der Waals surface area contributed by atoms with Crippen molar-refractivity contribution in [2.45, 2.75) is 38.8 Å². The quantitative estimate of drug-likeness (QED) is 0.738. The number of guanidine groups is 1. The van der Waals surface area contributed by atoms with Crippen molar-refractivity contribution in [2.75, 3.05) is 13.1 Å². The van der Waals surface area contributed by atoms with Gasteiger partial charge in [-0.3, -0.25) is 4.99 Å². The lowest BCUT2D eigenvalue weighted by atomic mass is 9.95. The second-order valence-corrected chi connectivity index (χ2v) is 6.15. The summed E-state index contributed by atoms with van der Waals surface area (Å²) < 4.78 is 27.7. The number of nitrogens with zero attached hydrogens (tertiary/aromatic N) is 2. The van der Waals surface area contributed by atoms with Crippen molar-refractivity contribution >= 4 is 29.9 Å². The number of rotatable bonds is 2. The zero-order valence-electron chi connectivity index (χ0n) is 12.9. The Balaban J connectivity index is 0.00000176. The molecular weight excluding hydrogens is 399 g/mol. The van der Waals surface area contributed by atoms with E-state index in [0.717, 1.165) is 25.5 Å². The Bertz CT molecular complexity index is 544. The van der Waals surface area contributed by atoms with E-state index < -0.39 is 17.7 Å². The lowest BCUT2D eigenvalue weighted by Crippen LogP contribution is -2.48. The maximum Gasteiger partial charge on any atom is 0.194 e. The monoisotopic (exact) mass is 421 g/mol. The van der Waals surface area contributed by atoms with Crippen LogP contribution in [0, 0.1) is 17.6 Å². The Kier molecular flexibility index (Phi) is 5.63. The molecule has 1 aromatic rings. The summed E-state index contributed by atoms with van der Waals surface area (Å²) in [6.45, 7) is 5.74. The van der Waals surface area contributed by atoms with Crippen LogP contribution in [0.2, 0.25) is 0 Å². The lowest BCUT2D eigenvalue weighted by molar-refractivity contribution is 0.209. The van der Waals surface area contributed by atoms with Crippen molar-refractivity contribution in [3.05, 3.63) is 35.4 Å². The van der Waals surface area contributed by atoms with Gasteiger partial charge in [0.2, 0.25) is 0 Å². The van der Waals surface area contributed by atoms with Crippen LogP contribution in [0.15, 0.2) is 23.2 Å². The Morgan fingerprint density at radius 2 is 1.95 bits per heavy atom. The molecule has 0 saturated carbocycles. The summed E-state index contributed by atoms with van der Waals surface area (Å²) in [7, 11) is 0. The summed E-state index contributed by atoms with van der Waals surface area (Å²) >= 11 is 0. The first-order chi connectivity index (χ1) is 10.1. The van der Waals surface area contributed by atoms with Gasteiger partial charge in [0, 0.05) is 12.1 Å². The van der Waals surface area contributed by atoms with Crippen molar-refractivity contribution < 1.29 is 8.78 Å². The van der Waals surface area contributed by atoms with E-state index >= 15 is 0 Å². The van der Waals surface area contributed by atoms with Gasteiger partial charge in [0.15, 0.2) is 5.96 Å². The van der Waals surface area contributed by atoms with Crippen LogP contribution in [0.3, 0.4) is 0 Å². The Hall–Kier alpha value is -0.920.